The molecular formula is C10H13N3O4S2. The molecule has 0 fully saturated rings. The Kier molecular flexibility index (Phi) is 3.99. The molecule has 0 aliphatic rings. The summed E-state index contributed by atoms with van der Waals surface area (Å²) < 4.78 is 31.3. The van der Waals surface area contributed by atoms with Crippen molar-refractivity contribution in [2.24, 2.45) is 0 Å². The third-order valence-electron chi connectivity index (χ3n) is 2.36. The van der Waals surface area contributed by atoms with Gasteiger partial charge in [-0.05, 0) is 13.0 Å². The van der Waals surface area contributed by atoms with Crippen molar-refractivity contribution in [2.75, 3.05) is 0 Å². The molecule has 2 aromatic rings. The maximum absolute atomic E-state index is 12.1. The number of sulfonamides is 1. The minimum atomic E-state index is -3.64. The van der Waals surface area contributed by atoms with Crippen LogP contribution in [-0.2, 0) is 23.2 Å². The van der Waals surface area contributed by atoms with E-state index in [1.54, 1.807) is 13.8 Å². The molecule has 104 valence electrons. The van der Waals surface area contributed by atoms with Gasteiger partial charge in [-0.25, -0.2) is 13.1 Å². The van der Waals surface area contributed by atoms with Crippen LogP contribution >= 0.6 is 11.3 Å². The molecule has 0 aromatic carbocycles. The van der Waals surface area contributed by atoms with Gasteiger partial charge in [0.15, 0.2) is 5.82 Å². The van der Waals surface area contributed by atoms with Gasteiger partial charge in [0, 0.05) is 16.7 Å². The van der Waals surface area contributed by atoms with Crippen molar-refractivity contribution in [3.63, 3.8) is 0 Å². The van der Waals surface area contributed by atoms with Crippen LogP contribution in [0.25, 0.3) is 0 Å². The summed E-state index contributed by atoms with van der Waals surface area (Å²) in [5.41, 5.74) is 0. The zero-order chi connectivity index (χ0) is 14.0. The topological polar surface area (TPSA) is 105 Å². The first-order chi connectivity index (χ1) is 8.92. The standard InChI is InChI=1S/C10H13N3O4S2/c1-6-9(3-8(5-14)18-6)19(15,16)11-4-10-12-7(2)17-13-10/h3,11,14H,4-5H2,1-2H3. The highest BCUT2D eigenvalue weighted by Gasteiger charge is 2.20. The van der Waals surface area contributed by atoms with Crippen molar-refractivity contribution in [3.05, 3.63) is 27.5 Å². The second-order valence-corrected chi connectivity index (χ2v) is 6.92. The summed E-state index contributed by atoms with van der Waals surface area (Å²) in [4.78, 5) is 5.31. The van der Waals surface area contributed by atoms with E-state index in [1.165, 1.54) is 17.4 Å². The van der Waals surface area contributed by atoms with Gasteiger partial charge in [-0.3, -0.25) is 0 Å². The number of aliphatic hydroxyl groups is 1. The number of nitrogens with one attached hydrogen (secondary N) is 1. The summed E-state index contributed by atoms with van der Waals surface area (Å²) in [7, 11) is -3.64. The molecule has 19 heavy (non-hydrogen) atoms. The second kappa shape index (κ2) is 5.37. The molecule has 0 saturated carbocycles. The maximum Gasteiger partial charge on any atom is 0.242 e. The van der Waals surface area contributed by atoms with Crippen LogP contribution in [0.1, 0.15) is 21.5 Å². The van der Waals surface area contributed by atoms with Gasteiger partial charge in [-0.1, -0.05) is 5.16 Å². The van der Waals surface area contributed by atoms with Crippen LogP contribution < -0.4 is 4.72 Å². The summed E-state index contributed by atoms with van der Waals surface area (Å²) in [5, 5.41) is 12.6. The van der Waals surface area contributed by atoms with E-state index >= 15 is 0 Å². The SMILES string of the molecule is Cc1nc(CNS(=O)(=O)c2cc(CO)sc2C)no1. The lowest BCUT2D eigenvalue weighted by Gasteiger charge is -2.03. The van der Waals surface area contributed by atoms with Gasteiger partial charge in [0.1, 0.15) is 0 Å². The summed E-state index contributed by atoms with van der Waals surface area (Å²) >= 11 is 1.25. The smallest absolute Gasteiger partial charge is 0.242 e. The molecule has 0 aliphatic heterocycles. The van der Waals surface area contributed by atoms with Crippen molar-refractivity contribution in [3.8, 4) is 0 Å². The number of hydrogen-bond acceptors (Lipinski definition) is 7. The first-order valence-electron chi connectivity index (χ1n) is 5.41. The Morgan fingerprint density at radius 3 is 2.74 bits per heavy atom. The van der Waals surface area contributed by atoms with Crippen molar-refractivity contribution in [1.82, 2.24) is 14.9 Å². The predicted octanol–water partition coefficient (Wildman–Crippen LogP) is 0.719. The van der Waals surface area contributed by atoms with Gasteiger partial charge < -0.3 is 9.63 Å². The number of aromatic nitrogens is 2. The molecule has 0 radical (unpaired) electrons. The molecule has 2 N–H and O–H groups in total. The number of hydrogen-bond donors (Lipinski definition) is 2. The van der Waals surface area contributed by atoms with E-state index < -0.39 is 10.0 Å². The molecule has 9 heteroatoms. The lowest BCUT2D eigenvalue weighted by molar-refractivity contribution is 0.285. The summed E-state index contributed by atoms with van der Waals surface area (Å²) in [5.74, 6) is 0.653. The Labute approximate surface area is 114 Å². The highest BCUT2D eigenvalue weighted by atomic mass is 32.2. The van der Waals surface area contributed by atoms with Crippen molar-refractivity contribution < 1.29 is 18.0 Å². The van der Waals surface area contributed by atoms with Crippen LogP contribution in [-0.4, -0.2) is 23.7 Å². The Bertz CT molecular complexity index is 675. The number of thiophene rings is 1. The molecule has 0 aliphatic carbocycles. The van der Waals surface area contributed by atoms with Gasteiger partial charge in [-0.15, -0.1) is 11.3 Å². The molecule has 2 rings (SSSR count). The van der Waals surface area contributed by atoms with E-state index in [4.69, 9.17) is 9.63 Å². The highest BCUT2D eigenvalue weighted by molar-refractivity contribution is 7.89. The van der Waals surface area contributed by atoms with Crippen LogP contribution in [0.3, 0.4) is 0 Å². The van der Waals surface area contributed by atoms with E-state index in [9.17, 15) is 8.42 Å². The fourth-order valence-corrected chi connectivity index (χ4v) is 3.99. The summed E-state index contributed by atoms with van der Waals surface area (Å²) in [6.07, 6.45) is 0. The predicted molar refractivity (Wildman–Crippen MR) is 68.0 cm³/mol. The third kappa shape index (κ3) is 3.18. The minimum absolute atomic E-state index is 0.0383. The zero-order valence-electron chi connectivity index (χ0n) is 10.4. The van der Waals surface area contributed by atoms with E-state index in [-0.39, 0.29) is 23.9 Å². The summed E-state index contributed by atoms with van der Waals surface area (Å²) in [6, 6.07) is 1.46. The quantitative estimate of drug-likeness (QED) is 0.843. The van der Waals surface area contributed by atoms with Crippen molar-refractivity contribution in [2.45, 2.75) is 31.9 Å². The van der Waals surface area contributed by atoms with E-state index in [1.807, 2.05) is 0 Å². The van der Waals surface area contributed by atoms with Crippen LogP contribution in [0, 0.1) is 13.8 Å². The van der Waals surface area contributed by atoms with Gasteiger partial charge >= 0.3 is 0 Å². The first-order valence-corrected chi connectivity index (χ1v) is 7.71. The number of rotatable bonds is 5. The number of aryl methyl sites for hydroxylation is 2. The Hall–Kier alpha value is -1.29. The molecule has 2 aromatic heterocycles. The average molecular weight is 303 g/mol. The van der Waals surface area contributed by atoms with Crippen LogP contribution in [0.5, 0.6) is 0 Å². The molecule has 2 heterocycles. The lowest BCUT2D eigenvalue weighted by Crippen LogP contribution is -2.24. The minimum Gasteiger partial charge on any atom is -0.391 e. The van der Waals surface area contributed by atoms with Crippen LogP contribution in [0.4, 0.5) is 0 Å². The largest absolute Gasteiger partial charge is 0.391 e. The Morgan fingerprint density at radius 2 is 2.21 bits per heavy atom. The zero-order valence-corrected chi connectivity index (χ0v) is 12.0. The normalized spacial score (nSPS) is 11.9. The molecular weight excluding hydrogens is 290 g/mol. The molecule has 0 saturated heterocycles. The number of aliphatic hydroxyl groups excluding tert-OH is 1. The number of nitrogens with zero attached hydrogens (tertiary/aromatic N) is 2. The van der Waals surface area contributed by atoms with E-state index in [0.717, 1.165) is 0 Å². The molecule has 0 atom stereocenters. The first kappa shape index (κ1) is 14.1. The molecule has 0 spiro atoms. The maximum atomic E-state index is 12.1. The fraction of sp³-hybridized carbons (Fsp3) is 0.400. The molecule has 0 amide bonds. The molecule has 7 nitrogen and oxygen atoms in total. The lowest BCUT2D eigenvalue weighted by atomic mass is 10.4. The van der Waals surface area contributed by atoms with Crippen molar-refractivity contribution >= 4 is 21.4 Å². The third-order valence-corrected chi connectivity index (χ3v) is 5.05. The van der Waals surface area contributed by atoms with E-state index in [2.05, 4.69) is 14.9 Å². The average Bonchev–Trinajstić information content (AvgIpc) is 2.93. The summed E-state index contributed by atoms with van der Waals surface area (Å²) in [6.45, 7) is 3.10. The van der Waals surface area contributed by atoms with Crippen LogP contribution in [0.15, 0.2) is 15.5 Å². The van der Waals surface area contributed by atoms with Crippen LogP contribution in [0.2, 0.25) is 0 Å². The van der Waals surface area contributed by atoms with E-state index in [0.29, 0.717) is 15.6 Å². The van der Waals surface area contributed by atoms with Crippen molar-refractivity contribution in [1.29, 1.82) is 0 Å². The fourth-order valence-electron chi connectivity index (χ4n) is 1.52. The van der Waals surface area contributed by atoms with Gasteiger partial charge in [-0.2, -0.15) is 4.98 Å². The van der Waals surface area contributed by atoms with Gasteiger partial charge in [0.25, 0.3) is 0 Å². The van der Waals surface area contributed by atoms with Gasteiger partial charge in [0.05, 0.1) is 18.0 Å². The second-order valence-electron chi connectivity index (χ2n) is 3.85. The highest BCUT2D eigenvalue weighted by Crippen LogP contribution is 2.25. The monoisotopic (exact) mass is 303 g/mol. The van der Waals surface area contributed by atoms with Gasteiger partial charge in [0.2, 0.25) is 15.9 Å². The molecule has 0 unspecified atom stereocenters. The Balaban J connectivity index is 2.15. The Morgan fingerprint density at radius 1 is 1.47 bits per heavy atom. The molecule has 0 bridgehead atoms.